The van der Waals surface area contributed by atoms with Gasteiger partial charge in [-0.15, -0.1) is 0 Å². The second-order valence-electron chi connectivity index (χ2n) is 8.96. The standard InChI is InChI=1S/C22H22F2N4O4/c1-11-15(29)9-28(11)19-25-17(13-4-5-22(23,24)18(13)26-19)12-2-3-14-16(8-12)31-7-6-21(14)10-32-20(30)27-21/h2-3,8,11,15,29H,4-7,9-10H2,1H3,(H,27,30)/t11-,15+,21?/m0/s1. The number of amides is 1. The number of aliphatic hydroxyl groups is 1. The third-order valence-corrected chi connectivity index (χ3v) is 7.07. The lowest BCUT2D eigenvalue weighted by Gasteiger charge is -2.43. The number of hydrogen-bond donors (Lipinski definition) is 2. The van der Waals surface area contributed by atoms with Crippen LogP contribution in [-0.2, 0) is 22.6 Å². The number of β-amino-alcohol motifs (C(OH)–C–C–N with tert-alkyl or cyclic N) is 1. The first-order chi connectivity index (χ1) is 15.3. The second kappa shape index (κ2) is 6.50. The zero-order valence-corrected chi connectivity index (χ0v) is 17.4. The van der Waals surface area contributed by atoms with Crippen molar-refractivity contribution in [3.63, 3.8) is 0 Å². The molecule has 0 radical (unpaired) electrons. The van der Waals surface area contributed by atoms with Crippen LogP contribution in [0.4, 0.5) is 19.5 Å². The maximum absolute atomic E-state index is 14.6. The molecule has 4 aliphatic rings. The summed E-state index contributed by atoms with van der Waals surface area (Å²) < 4.78 is 40.3. The molecule has 168 valence electrons. The molecule has 3 atom stereocenters. The normalized spacial score (nSPS) is 29.6. The molecule has 2 N–H and O–H groups in total. The Kier molecular flexibility index (Phi) is 4.00. The van der Waals surface area contributed by atoms with Crippen molar-refractivity contribution < 1.29 is 28.2 Å². The number of halogens is 2. The van der Waals surface area contributed by atoms with Crippen molar-refractivity contribution in [2.75, 3.05) is 24.7 Å². The van der Waals surface area contributed by atoms with Gasteiger partial charge in [0.2, 0.25) is 5.95 Å². The van der Waals surface area contributed by atoms with Gasteiger partial charge in [-0.3, -0.25) is 0 Å². The molecule has 10 heteroatoms. The first-order valence-electron chi connectivity index (χ1n) is 10.7. The lowest BCUT2D eigenvalue weighted by atomic mass is 9.85. The number of ether oxygens (including phenoxy) is 2. The molecule has 32 heavy (non-hydrogen) atoms. The van der Waals surface area contributed by atoms with Crippen LogP contribution >= 0.6 is 0 Å². The molecule has 1 amide bonds. The molecule has 6 rings (SSSR count). The lowest BCUT2D eigenvalue weighted by Crippen LogP contribution is -2.59. The minimum atomic E-state index is -3.02. The van der Waals surface area contributed by atoms with Gasteiger partial charge in [0.25, 0.3) is 5.92 Å². The van der Waals surface area contributed by atoms with Crippen LogP contribution in [-0.4, -0.2) is 53.1 Å². The molecule has 0 saturated carbocycles. The van der Waals surface area contributed by atoms with Gasteiger partial charge in [0.15, 0.2) is 0 Å². The molecule has 1 aromatic heterocycles. The van der Waals surface area contributed by atoms with E-state index >= 15 is 0 Å². The molecule has 0 bridgehead atoms. The number of benzene rings is 1. The van der Waals surface area contributed by atoms with Gasteiger partial charge in [-0.25, -0.2) is 14.8 Å². The number of fused-ring (bicyclic) bond motifs is 3. The van der Waals surface area contributed by atoms with Gasteiger partial charge >= 0.3 is 6.09 Å². The number of aliphatic hydroxyl groups excluding tert-OH is 1. The Morgan fingerprint density at radius 1 is 1.25 bits per heavy atom. The van der Waals surface area contributed by atoms with Crippen LogP contribution in [0.25, 0.3) is 11.3 Å². The third-order valence-electron chi connectivity index (χ3n) is 7.07. The van der Waals surface area contributed by atoms with Crippen molar-refractivity contribution in [2.24, 2.45) is 0 Å². The van der Waals surface area contributed by atoms with E-state index in [4.69, 9.17) is 9.47 Å². The fourth-order valence-corrected chi connectivity index (χ4v) is 5.02. The van der Waals surface area contributed by atoms with Gasteiger partial charge in [-0.2, -0.15) is 8.78 Å². The number of nitrogens with one attached hydrogen (secondary N) is 1. The van der Waals surface area contributed by atoms with Gasteiger partial charge in [-0.05, 0) is 19.4 Å². The average Bonchev–Trinajstić information content (AvgIpc) is 3.30. The highest BCUT2D eigenvalue weighted by atomic mass is 19.3. The van der Waals surface area contributed by atoms with E-state index in [0.717, 1.165) is 5.56 Å². The van der Waals surface area contributed by atoms with E-state index in [9.17, 15) is 18.7 Å². The Labute approximate surface area is 182 Å². The Hall–Kier alpha value is -3.01. The van der Waals surface area contributed by atoms with Crippen molar-refractivity contribution in [1.29, 1.82) is 0 Å². The molecular weight excluding hydrogens is 422 g/mol. The molecule has 2 aromatic rings. The first-order valence-corrected chi connectivity index (χ1v) is 10.7. The predicted octanol–water partition coefficient (Wildman–Crippen LogP) is 2.47. The van der Waals surface area contributed by atoms with Crippen LogP contribution in [0.15, 0.2) is 18.2 Å². The van der Waals surface area contributed by atoms with Crippen molar-refractivity contribution in [3.8, 4) is 17.0 Å². The number of aromatic nitrogens is 2. The molecule has 8 nitrogen and oxygen atoms in total. The minimum Gasteiger partial charge on any atom is -0.493 e. The maximum Gasteiger partial charge on any atom is 0.408 e. The molecule has 2 saturated heterocycles. The Balaban J connectivity index is 1.46. The highest BCUT2D eigenvalue weighted by Gasteiger charge is 2.47. The third kappa shape index (κ3) is 2.71. The van der Waals surface area contributed by atoms with Crippen LogP contribution in [0.3, 0.4) is 0 Å². The van der Waals surface area contributed by atoms with Crippen LogP contribution in [0.1, 0.15) is 36.6 Å². The molecule has 2 fully saturated rings. The predicted molar refractivity (Wildman–Crippen MR) is 109 cm³/mol. The number of carbonyl (C=O) groups excluding carboxylic acids is 1. The zero-order chi connectivity index (χ0) is 22.3. The quantitative estimate of drug-likeness (QED) is 0.735. The number of carbonyl (C=O) groups is 1. The topological polar surface area (TPSA) is 96.8 Å². The Morgan fingerprint density at radius 3 is 2.81 bits per heavy atom. The second-order valence-corrected chi connectivity index (χ2v) is 8.96. The van der Waals surface area contributed by atoms with Crippen molar-refractivity contribution >= 4 is 12.0 Å². The molecule has 1 aromatic carbocycles. The van der Waals surface area contributed by atoms with E-state index in [1.165, 1.54) is 0 Å². The summed E-state index contributed by atoms with van der Waals surface area (Å²) in [7, 11) is 0. The summed E-state index contributed by atoms with van der Waals surface area (Å²) >= 11 is 0. The lowest BCUT2D eigenvalue weighted by molar-refractivity contribution is -0.00603. The smallest absolute Gasteiger partial charge is 0.408 e. The Bertz CT molecular complexity index is 1140. The van der Waals surface area contributed by atoms with Gasteiger partial charge in [-0.1, -0.05) is 12.1 Å². The number of anilines is 1. The van der Waals surface area contributed by atoms with Gasteiger partial charge in [0, 0.05) is 36.1 Å². The summed E-state index contributed by atoms with van der Waals surface area (Å²) in [6.07, 6.45) is -0.539. The van der Waals surface area contributed by atoms with E-state index in [1.54, 1.807) is 11.0 Å². The SMILES string of the molecule is C[C@H]1[C@H](O)CN1c1nc(-c2ccc3c(c2)OCCC32COC(=O)N2)c2c(n1)C(F)(F)CC2. The molecule has 4 heterocycles. The van der Waals surface area contributed by atoms with E-state index < -0.39 is 23.7 Å². The van der Waals surface area contributed by atoms with E-state index in [0.29, 0.717) is 42.1 Å². The van der Waals surface area contributed by atoms with Crippen molar-refractivity contribution in [1.82, 2.24) is 15.3 Å². The van der Waals surface area contributed by atoms with Gasteiger partial charge < -0.3 is 24.8 Å². The van der Waals surface area contributed by atoms with E-state index in [-0.39, 0.29) is 37.1 Å². The molecule has 1 unspecified atom stereocenters. The number of alkyl carbamates (subject to hydrolysis) is 1. The summed E-state index contributed by atoms with van der Waals surface area (Å²) in [6.45, 7) is 2.73. The van der Waals surface area contributed by atoms with Crippen LogP contribution in [0.5, 0.6) is 5.75 Å². The Morgan fingerprint density at radius 2 is 2.09 bits per heavy atom. The van der Waals surface area contributed by atoms with Crippen LogP contribution < -0.4 is 15.0 Å². The maximum atomic E-state index is 14.6. The largest absolute Gasteiger partial charge is 0.493 e. The number of alkyl halides is 2. The van der Waals surface area contributed by atoms with Crippen LogP contribution in [0, 0.1) is 0 Å². The molecule has 3 aliphatic heterocycles. The number of cyclic esters (lactones) is 1. The highest BCUT2D eigenvalue weighted by Crippen LogP contribution is 2.46. The summed E-state index contributed by atoms with van der Waals surface area (Å²) in [5.41, 5.74) is 1.46. The zero-order valence-electron chi connectivity index (χ0n) is 17.4. The van der Waals surface area contributed by atoms with Gasteiger partial charge in [0.05, 0.1) is 24.4 Å². The fourth-order valence-electron chi connectivity index (χ4n) is 5.02. The summed E-state index contributed by atoms with van der Waals surface area (Å²) in [6, 6.07) is 5.21. The molecule has 1 aliphatic carbocycles. The summed E-state index contributed by atoms with van der Waals surface area (Å²) in [5, 5.41) is 12.8. The number of rotatable bonds is 2. The molecule has 1 spiro atoms. The summed E-state index contributed by atoms with van der Waals surface area (Å²) in [4.78, 5) is 22.3. The van der Waals surface area contributed by atoms with E-state index in [2.05, 4.69) is 15.3 Å². The number of nitrogens with zero attached hydrogens (tertiary/aromatic N) is 3. The average molecular weight is 444 g/mol. The van der Waals surface area contributed by atoms with Gasteiger partial charge in [0.1, 0.15) is 23.6 Å². The number of hydrogen-bond acceptors (Lipinski definition) is 7. The first kappa shape index (κ1) is 19.7. The fraction of sp³-hybridized carbons (Fsp3) is 0.500. The summed E-state index contributed by atoms with van der Waals surface area (Å²) in [5.74, 6) is -2.25. The highest BCUT2D eigenvalue weighted by molar-refractivity contribution is 5.74. The van der Waals surface area contributed by atoms with Crippen LogP contribution in [0.2, 0.25) is 0 Å². The van der Waals surface area contributed by atoms with Crippen molar-refractivity contribution in [2.45, 2.75) is 49.8 Å². The molecular formula is C22H22F2N4O4. The van der Waals surface area contributed by atoms with Crippen molar-refractivity contribution in [3.05, 3.63) is 35.0 Å². The minimum absolute atomic E-state index is 0.182. The monoisotopic (exact) mass is 444 g/mol. The van der Waals surface area contributed by atoms with E-state index in [1.807, 2.05) is 19.1 Å².